The molecule has 0 bridgehead atoms. The van der Waals surface area contributed by atoms with Crippen LogP contribution < -0.4 is 5.73 Å². The van der Waals surface area contributed by atoms with Gasteiger partial charge in [-0.2, -0.15) is 0 Å². The fraction of sp³-hybridized carbons (Fsp3) is 0.222. The fourth-order valence-electron chi connectivity index (χ4n) is 1.63. The number of carboxylic acids is 1. The van der Waals surface area contributed by atoms with E-state index in [-0.39, 0.29) is 11.7 Å². The van der Waals surface area contributed by atoms with E-state index < -0.39 is 12.0 Å². The molecular formula is C18H21NO3. The van der Waals surface area contributed by atoms with Crippen LogP contribution in [0.5, 0.6) is 0 Å². The maximum Gasteiger partial charge on any atom is 0.320 e. The Morgan fingerprint density at radius 2 is 1.23 bits per heavy atom. The van der Waals surface area contributed by atoms with Crippen LogP contribution in [-0.2, 0) is 4.79 Å². The lowest BCUT2D eigenvalue weighted by Gasteiger charge is -2.07. The number of hydrogen-bond donors (Lipinski definition) is 2. The molecule has 0 spiro atoms. The lowest BCUT2D eigenvalue weighted by atomic mass is 10.0. The van der Waals surface area contributed by atoms with Crippen LogP contribution in [-0.4, -0.2) is 22.9 Å². The Balaban J connectivity index is 0.000000261. The molecule has 0 aliphatic carbocycles. The third-order valence-electron chi connectivity index (χ3n) is 3.08. The van der Waals surface area contributed by atoms with E-state index >= 15 is 0 Å². The molecule has 0 fully saturated rings. The van der Waals surface area contributed by atoms with Gasteiger partial charge in [0.25, 0.3) is 0 Å². The number of benzene rings is 2. The fourth-order valence-corrected chi connectivity index (χ4v) is 1.63. The lowest BCUT2D eigenvalue weighted by Crippen LogP contribution is -2.34. The van der Waals surface area contributed by atoms with Gasteiger partial charge in [0.05, 0.1) is 0 Å². The molecule has 0 heterocycles. The van der Waals surface area contributed by atoms with Crippen molar-refractivity contribution < 1.29 is 14.7 Å². The van der Waals surface area contributed by atoms with Gasteiger partial charge < -0.3 is 10.8 Å². The monoisotopic (exact) mass is 299 g/mol. The van der Waals surface area contributed by atoms with Crippen molar-refractivity contribution in [2.24, 2.45) is 11.7 Å². The van der Waals surface area contributed by atoms with Gasteiger partial charge in [-0.25, -0.2) is 0 Å². The van der Waals surface area contributed by atoms with Crippen molar-refractivity contribution in [3.8, 4) is 0 Å². The summed E-state index contributed by atoms with van der Waals surface area (Å²) in [5.74, 6) is -0.835. The molecule has 2 rings (SSSR count). The van der Waals surface area contributed by atoms with E-state index in [1.807, 2.05) is 60.7 Å². The predicted octanol–water partition coefficient (Wildman–Crippen LogP) is 2.97. The van der Waals surface area contributed by atoms with Crippen LogP contribution in [0.25, 0.3) is 0 Å². The Bertz CT molecular complexity index is 553. The van der Waals surface area contributed by atoms with Crippen LogP contribution in [0.1, 0.15) is 29.8 Å². The topological polar surface area (TPSA) is 80.4 Å². The molecule has 3 N–H and O–H groups in total. The van der Waals surface area contributed by atoms with Crippen LogP contribution in [0.15, 0.2) is 60.7 Å². The number of carboxylic acid groups (broad SMARTS) is 1. The average Bonchev–Trinajstić information content (AvgIpc) is 2.55. The van der Waals surface area contributed by atoms with Gasteiger partial charge in [-0.3, -0.25) is 9.59 Å². The Labute approximate surface area is 130 Å². The van der Waals surface area contributed by atoms with Gasteiger partial charge in [-0.15, -0.1) is 0 Å². The van der Waals surface area contributed by atoms with Crippen LogP contribution in [0, 0.1) is 5.92 Å². The average molecular weight is 299 g/mol. The van der Waals surface area contributed by atoms with Gasteiger partial charge in [0, 0.05) is 11.1 Å². The maximum atomic E-state index is 11.8. The number of nitrogens with two attached hydrogens (primary N) is 1. The van der Waals surface area contributed by atoms with Gasteiger partial charge in [-0.1, -0.05) is 74.5 Å². The van der Waals surface area contributed by atoms with E-state index in [1.165, 1.54) is 0 Å². The lowest BCUT2D eigenvalue weighted by molar-refractivity contribution is -0.139. The molecule has 2 aromatic carbocycles. The second-order valence-electron chi connectivity index (χ2n) is 5.17. The van der Waals surface area contributed by atoms with Crippen molar-refractivity contribution in [3.05, 3.63) is 71.8 Å². The molecule has 0 saturated heterocycles. The molecule has 116 valence electrons. The van der Waals surface area contributed by atoms with Gasteiger partial charge in [-0.05, 0) is 5.92 Å². The highest BCUT2D eigenvalue weighted by Crippen LogP contribution is 2.08. The summed E-state index contributed by atoms with van der Waals surface area (Å²) in [5.41, 5.74) is 6.63. The number of rotatable bonds is 4. The molecule has 0 unspecified atom stereocenters. The van der Waals surface area contributed by atoms with Crippen molar-refractivity contribution in [2.45, 2.75) is 19.9 Å². The van der Waals surface area contributed by atoms with Crippen molar-refractivity contribution in [1.29, 1.82) is 0 Å². The molecule has 1 atom stereocenters. The summed E-state index contributed by atoms with van der Waals surface area (Å²) in [6.07, 6.45) is 0. The van der Waals surface area contributed by atoms with Crippen LogP contribution in [0.2, 0.25) is 0 Å². The van der Waals surface area contributed by atoms with E-state index in [9.17, 15) is 9.59 Å². The third-order valence-corrected chi connectivity index (χ3v) is 3.08. The van der Waals surface area contributed by atoms with Crippen LogP contribution in [0.3, 0.4) is 0 Å². The van der Waals surface area contributed by atoms with Crippen molar-refractivity contribution in [3.63, 3.8) is 0 Å². The first-order chi connectivity index (χ1) is 10.4. The first-order valence-corrected chi connectivity index (χ1v) is 7.06. The highest BCUT2D eigenvalue weighted by Gasteiger charge is 2.14. The summed E-state index contributed by atoms with van der Waals surface area (Å²) in [7, 11) is 0. The number of ketones is 1. The minimum Gasteiger partial charge on any atom is -0.480 e. The zero-order valence-corrected chi connectivity index (χ0v) is 12.8. The normalized spacial score (nSPS) is 11.3. The van der Waals surface area contributed by atoms with Crippen LogP contribution in [0.4, 0.5) is 0 Å². The quantitative estimate of drug-likeness (QED) is 0.851. The Kier molecular flexibility index (Phi) is 6.99. The highest BCUT2D eigenvalue weighted by atomic mass is 16.4. The zero-order chi connectivity index (χ0) is 16.5. The molecule has 0 radical (unpaired) electrons. The molecule has 2 aromatic rings. The first kappa shape index (κ1) is 17.6. The molecule has 22 heavy (non-hydrogen) atoms. The Hall–Kier alpha value is -2.46. The van der Waals surface area contributed by atoms with Crippen molar-refractivity contribution in [2.75, 3.05) is 0 Å². The Morgan fingerprint density at radius 3 is 1.45 bits per heavy atom. The zero-order valence-electron chi connectivity index (χ0n) is 12.8. The van der Waals surface area contributed by atoms with Crippen molar-refractivity contribution >= 4 is 11.8 Å². The molecule has 4 nitrogen and oxygen atoms in total. The Morgan fingerprint density at radius 1 is 0.864 bits per heavy atom. The molecular weight excluding hydrogens is 278 g/mol. The van der Waals surface area contributed by atoms with E-state index in [0.29, 0.717) is 0 Å². The molecule has 0 aliphatic heterocycles. The minimum atomic E-state index is -0.931. The first-order valence-electron chi connectivity index (χ1n) is 7.06. The van der Waals surface area contributed by atoms with Gasteiger partial charge >= 0.3 is 5.97 Å². The van der Waals surface area contributed by atoms with E-state index in [2.05, 4.69) is 0 Å². The summed E-state index contributed by atoms with van der Waals surface area (Å²) in [6, 6.07) is 17.9. The second-order valence-corrected chi connectivity index (χ2v) is 5.17. The predicted molar refractivity (Wildman–Crippen MR) is 86.8 cm³/mol. The van der Waals surface area contributed by atoms with Gasteiger partial charge in [0.15, 0.2) is 5.78 Å². The summed E-state index contributed by atoms with van der Waals surface area (Å²) in [6.45, 7) is 3.55. The summed E-state index contributed by atoms with van der Waals surface area (Å²) >= 11 is 0. The van der Waals surface area contributed by atoms with Gasteiger partial charge in [0.1, 0.15) is 6.04 Å². The molecule has 0 aliphatic rings. The molecule has 0 amide bonds. The minimum absolute atomic E-state index is 0.0208. The van der Waals surface area contributed by atoms with Crippen LogP contribution >= 0.6 is 0 Å². The molecule has 0 aromatic heterocycles. The maximum absolute atomic E-state index is 11.8. The summed E-state index contributed by atoms with van der Waals surface area (Å²) in [4.78, 5) is 21.9. The number of hydrogen-bond acceptors (Lipinski definition) is 3. The second kappa shape index (κ2) is 8.74. The van der Waals surface area contributed by atoms with Gasteiger partial charge in [0.2, 0.25) is 0 Å². The third kappa shape index (κ3) is 5.50. The van der Waals surface area contributed by atoms with E-state index in [1.54, 1.807) is 13.8 Å². The van der Waals surface area contributed by atoms with Crippen molar-refractivity contribution in [1.82, 2.24) is 0 Å². The molecule has 0 saturated carbocycles. The largest absolute Gasteiger partial charge is 0.480 e. The number of carbonyl (C=O) groups excluding carboxylic acids is 1. The summed E-state index contributed by atoms with van der Waals surface area (Å²) < 4.78 is 0. The smallest absolute Gasteiger partial charge is 0.320 e. The number of carbonyl (C=O) groups is 2. The summed E-state index contributed by atoms with van der Waals surface area (Å²) in [5, 5.41) is 8.23. The molecule has 4 heteroatoms. The standard InChI is InChI=1S/C13H10O.C5H11NO2/c14-13(11-7-3-1-4-8-11)12-9-5-2-6-10-12;1-3(2)4(6)5(7)8/h1-10H;3-4H,6H2,1-2H3,(H,7,8)/t;4-/m.0/s1. The highest BCUT2D eigenvalue weighted by molar-refractivity contribution is 6.08. The van der Waals surface area contributed by atoms with E-state index in [4.69, 9.17) is 10.8 Å². The van der Waals surface area contributed by atoms with E-state index in [0.717, 1.165) is 11.1 Å². The number of aliphatic carboxylic acids is 1. The SMILES string of the molecule is CC(C)[C@H](N)C(=O)O.O=C(c1ccccc1)c1ccccc1.